The van der Waals surface area contributed by atoms with Gasteiger partial charge in [-0.1, -0.05) is 30.3 Å². The Morgan fingerprint density at radius 2 is 1.82 bits per heavy atom. The summed E-state index contributed by atoms with van der Waals surface area (Å²) in [5.41, 5.74) is 1.79. The Morgan fingerprint density at radius 3 is 2.43 bits per heavy atom. The van der Waals surface area contributed by atoms with Gasteiger partial charge in [-0.05, 0) is 12.5 Å². The lowest BCUT2D eigenvalue weighted by Gasteiger charge is -2.36. The van der Waals surface area contributed by atoms with Crippen LogP contribution in [0.3, 0.4) is 0 Å². The molecule has 0 saturated carbocycles. The maximum Gasteiger partial charge on any atom is 0.338 e. The highest BCUT2D eigenvalue weighted by Crippen LogP contribution is 2.28. The number of rotatable bonds is 5. The lowest BCUT2D eigenvalue weighted by Crippen LogP contribution is -2.52. The highest BCUT2D eigenvalue weighted by molar-refractivity contribution is 5.95. The Bertz CT molecular complexity index is 770. The molecule has 2 aliphatic heterocycles. The summed E-state index contributed by atoms with van der Waals surface area (Å²) < 4.78 is 5.28. The van der Waals surface area contributed by atoms with Gasteiger partial charge < -0.3 is 20.3 Å². The topological polar surface area (TPSA) is 91.0 Å². The smallest absolute Gasteiger partial charge is 0.338 e. The average Bonchev–Trinajstić information content (AvgIpc) is 2.68. The SMILES string of the molecule is CCOC(=O)C1=C(CN2CCN(C(C)=O)CC2)NC(=O)N[C@@H]1c1ccccc1. The van der Waals surface area contributed by atoms with Crippen molar-refractivity contribution in [2.75, 3.05) is 39.3 Å². The predicted molar refractivity (Wildman–Crippen MR) is 103 cm³/mol. The maximum atomic E-state index is 12.7. The zero-order valence-electron chi connectivity index (χ0n) is 16.2. The van der Waals surface area contributed by atoms with Crippen molar-refractivity contribution >= 4 is 17.9 Å². The normalized spacial score (nSPS) is 20.4. The van der Waals surface area contributed by atoms with E-state index in [-0.39, 0.29) is 18.5 Å². The molecule has 2 aliphatic rings. The van der Waals surface area contributed by atoms with Crippen LogP contribution in [0.5, 0.6) is 0 Å². The van der Waals surface area contributed by atoms with Gasteiger partial charge in [0.1, 0.15) is 0 Å². The van der Waals surface area contributed by atoms with Gasteiger partial charge >= 0.3 is 12.0 Å². The standard InChI is InChI=1S/C20H26N4O4/c1-3-28-19(26)17-16(13-23-9-11-24(12-10-23)14(2)25)21-20(27)22-18(17)15-7-5-4-6-8-15/h4-8,18H,3,9-13H2,1-2H3,(H2,21,22,27)/t18-/m1/s1. The Hall–Kier alpha value is -2.87. The number of nitrogens with zero attached hydrogens (tertiary/aromatic N) is 2. The number of hydrogen-bond donors (Lipinski definition) is 2. The summed E-state index contributed by atoms with van der Waals surface area (Å²) in [6.45, 7) is 6.60. The van der Waals surface area contributed by atoms with Gasteiger partial charge in [0.15, 0.2) is 0 Å². The van der Waals surface area contributed by atoms with Gasteiger partial charge in [-0.2, -0.15) is 0 Å². The molecule has 3 rings (SSSR count). The van der Waals surface area contributed by atoms with E-state index in [0.29, 0.717) is 44.0 Å². The molecule has 0 aliphatic carbocycles. The number of esters is 1. The fourth-order valence-electron chi connectivity index (χ4n) is 3.53. The summed E-state index contributed by atoms with van der Waals surface area (Å²) >= 11 is 0. The largest absolute Gasteiger partial charge is 0.463 e. The molecule has 0 spiro atoms. The highest BCUT2D eigenvalue weighted by Gasteiger charge is 2.34. The molecule has 1 saturated heterocycles. The van der Waals surface area contributed by atoms with Crippen LogP contribution in [0.1, 0.15) is 25.5 Å². The second-order valence-corrected chi connectivity index (χ2v) is 6.84. The number of benzene rings is 1. The monoisotopic (exact) mass is 386 g/mol. The zero-order valence-corrected chi connectivity index (χ0v) is 16.2. The van der Waals surface area contributed by atoms with Gasteiger partial charge in [-0.25, -0.2) is 9.59 Å². The number of hydrogen-bond acceptors (Lipinski definition) is 5. The summed E-state index contributed by atoms with van der Waals surface area (Å²) in [6.07, 6.45) is 0. The van der Waals surface area contributed by atoms with Crippen LogP contribution in [0.2, 0.25) is 0 Å². The maximum absolute atomic E-state index is 12.7. The first-order valence-electron chi connectivity index (χ1n) is 9.50. The Balaban J connectivity index is 1.87. The van der Waals surface area contributed by atoms with Gasteiger partial charge in [-0.15, -0.1) is 0 Å². The van der Waals surface area contributed by atoms with E-state index in [1.807, 2.05) is 30.3 Å². The van der Waals surface area contributed by atoms with E-state index < -0.39 is 12.0 Å². The third kappa shape index (κ3) is 4.51. The first-order chi connectivity index (χ1) is 13.5. The molecule has 0 unspecified atom stereocenters. The minimum absolute atomic E-state index is 0.0605. The second kappa shape index (κ2) is 8.88. The molecule has 8 nitrogen and oxygen atoms in total. The molecule has 3 amide bonds. The van der Waals surface area contributed by atoms with Crippen molar-refractivity contribution < 1.29 is 19.1 Å². The van der Waals surface area contributed by atoms with Crippen LogP contribution in [-0.4, -0.2) is 67.0 Å². The number of piperazine rings is 1. The van der Waals surface area contributed by atoms with Crippen molar-refractivity contribution in [1.29, 1.82) is 0 Å². The van der Waals surface area contributed by atoms with Crippen LogP contribution in [0.4, 0.5) is 4.79 Å². The van der Waals surface area contributed by atoms with Crippen LogP contribution in [0, 0.1) is 0 Å². The van der Waals surface area contributed by atoms with E-state index >= 15 is 0 Å². The molecule has 0 aromatic heterocycles. The van der Waals surface area contributed by atoms with Crippen molar-refractivity contribution in [3.05, 3.63) is 47.2 Å². The van der Waals surface area contributed by atoms with Gasteiger partial charge in [0.05, 0.1) is 18.2 Å². The summed E-state index contributed by atoms with van der Waals surface area (Å²) in [7, 11) is 0. The molecule has 0 bridgehead atoms. The average molecular weight is 386 g/mol. The van der Waals surface area contributed by atoms with Crippen LogP contribution in [0.15, 0.2) is 41.6 Å². The number of carbonyl (C=O) groups is 3. The van der Waals surface area contributed by atoms with Crippen LogP contribution >= 0.6 is 0 Å². The van der Waals surface area contributed by atoms with E-state index in [9.17, 15) is 14.4 Å². The van der Waals surface area contributed by atoms with Crippen molar-refractivity contribution in [2.45, 2.75) is 19.9 Å². The van der Waals surface area contributed by atoms with E-state index in [1.54, 1.807) is 18.7 Å². The van der Waals surface area contributed by atoms with E-state index in [4.69, 9.17) is 4.74 Å². The molecule has 0 radical (unpaired) electrons. The first-order valence-corrected chi connectivity index (χ1v) is 9.50. The van der Waals surface area contributed by atoms with Gasteiger partial charge in [0.25, 0.3) is 0 Å². The number of nitrogens with one attached hydrogen (secondary N) is 2. The predicted octanol–water partition coefficient (Wildman–Crippen LogP) is 1.02. The number of amides is 3. The molecular formula is C20H26N4O4. The minimum atomic E-state index is -0.567. The van der Waals surface area contributed by atoms with Crippen molar-refractivity contribution in [2.24, 2.45) is 0 Å². The third-order valence-electron chi connectivity index (χ3n) is 4.98. The fraction of sp³-hybridized carbons (Fsp3) is 0.450. The quantitative estimate of drug-likeness (QED) is 0.738. The number of ether oxygens (including phenoxy) is 1. The van der Waals surface area contributed by atoms with E-state index in [2.05, 4.69) is 15.5 Å². The minimum Gasteiger partial charge on any atom is -0.463 e. The molecule has 1 aromatic rings. The van der Waals surface area contributed by atoms with Crippen LogP contribution in [-0.2, 0) is 14.3 Å². The van der Waals surface area contributed by atoms with Crippen LogP contribution in [0.25, 0.3) is 0 Å². The molecule has 2 N–H and O–H groups in total. The van der Waals surface area contributed by atoms with E-state index in [1.165, 1.54) is 0 Å². The summed E-state index contributed by atoms with van der Waals surface area (Å²) in [5.74, 6) is -0.383. The lowest BCUT2D eigenvalue weighted by atomic mass is 9.95. The Kier molecular flexibility index (Phi) is 6.30. The van der Waals surface area contributed by atoms with Gasteiger partial charge in [0, 0.05) is 45.3 Å². The van der Waals surface area contributed by atoms with Crippen molar-refractivity contribution in [3.8, 4) is 0 Å². The van der Waals surface area contributed by atoms with Crippen LogP contribution < -0.4 is 10.6 Å². The molecule has 1 atom stereocenters. The molecule has 1 aromatic carbocycles. The molecule has 2 heterocycles. The van der Waals surface area contributed by atoms with Gasteiger partial charge in [-0.3, -0.25) is 9.69 Å². The van der Waals surface area contributed by atoms with Crippen molar-refractivity contribution in [1.82, 2.24) is 20.4 Å². The lowest BCUT2D eigenvalue weighted by molar-refractivity contribution is -0.139. The zero-order chi connectivity index (χ0) is 20.1. The summed E-state index contributed by atoms with van der Waals surface area (Å²) in [4.78, 5) is 40.5. The van der Waals surface area contributed by atoms with E-state index in [0.717, 1.165) is 5.56 Å². The molecule has 28 heavy (non-hydrogen) atoms. The third-order valence-corrected chi connectivity index (χ3v) is 4.98. The molecule has 1 fully saturated rings. The van der Waals surface area contributed by atoms with Gasteiger partial charge in [0.2, 0.25) is 5.91 Å². The highest BCUT2D eigenvalue weighted by atomic mass is 16.5. The first kappa shape index (κ1) is 19.9. The number of carbonyl (C=O) groups excluding carboxylic acids is 3. The molecule has 150 valence electrons. The van der Waals surface area contributed by atoms with Crippen molar-refractivity contribution in [3.63, 3.8) is 0 Å². The summed E-state index contributed by atoms with van der Waals surface area (Å²) in [6, 6.07) is 8.45. The fourth-order valence-corrected chi connectivity index (χ4v) is 3.53. The molecular weight excluding hydrogens is 360 g/mol. The Morgan fingerprint density at radius 1 is 1.14 bits per heavy atom. The molecule has 8 heteroatoms. The number of urea groups is 1. The Labute approximate surface area is 164 Å². The second-order valence-electron chi connectivity index (χ2n) is 6.84. The summed E-state index contributed by atoms with van der Waals surface area (Å²) in [5, 5.41) is 5.62.